The first kappa shape index (κ1) is 29.8. The molecule has 250 valence electrons. The van der Waals surface area contributed by atoms with E-state index in [4.69, 9.17) is 0 Å². The maximum absolute atomic E-state index is 4.14. The van der Waals surface area contributed by atoms with E-state index in [2.05, 4.69) is 169 Å². The van der Waals surface area contributed by atoms with Crippen LogP contribution in [0.2, 0.25) is 0 Å². The fraction of sp³-hybridized carbons (Fsp3) is 0. The van der Waals surface area contributed by atoms with Gasteiger partial charge in [0.25, 0.3) is 0 Å². The van der Waals surface area contributed by atoms with Gasteiger partial charge in [-0.3, -0.25) is 0 Å². The Hall–Kier alpha value is -6.74. The van der Waals surface area contributed by atoms with Gasteiger partial charge in [-0.2, -0.15) is 0 Å². The lowest BCUT2D eigenvalue weighted by Gasteiger charge is -2.14. The maximum Gasteiger partial charge on any atom is 0.0553 e. The van der Waals surface area contributed by atoms with E-state index in [1.165, 1.54) is 108 Å². The Balaban J connectivity index is 1.20. The summed E-state index contributed by atoms with van der Waals surface area (Å²) in [5, 5.41) is 14.1. The summed E-state index contributed by atoms with van der Waals surface area (Å²) in [5.41, 5.74) is 12.4. The standard InChI is InChI=1S/C52H31NS/c1-3-33-44-26-31(21-25-50(44)54-49(33)4-2)30-20-24-47-46(27-30)52-42-19-11-18-41-37-15-8-10-17-39(37)45(51(41)42)29-48(52)53(47)32-22-23-40-36-14-6-5-12-34(36)35-13-7-9-16-38(35)43(40)28-32/h3-29H,1-2H2. The molecule has 11 aromatic rings. The van der Waals surface area contributed by atoms with Gasteiger partial charge in [-0.1, -0.05) is 135 Å². The molecule has 0 bridgehead atoms. The Labute approximate surface area is 316 Å². The first-order valence-corrected chi connectivity index (χ1v) is 19.3. The van der Waals surface area contributed by atoms with E-state index in [1.54, 1.807) is 11.3 Å². The SMILES string of the molecule is C=Cc1sc2ccc(-c3ccc4c(c3)c3c5cccc6c5c(cc3n4-c3ccc4c5ccccc5c5ccccc5c4c3)-c3ccccc3-6)cc2c1C=C. The summed E-state index contributed by atoms with van der Waals surface area (Å²) in [7, 11) is 0. The molecule has 2 heteroatoms. The Bertz CT molecular complexity index is 3440. The van der Waals surface area contributed by atoms with Crippen molar-refractivity contribution in [2.45, 2.75) is 0 Å². The van der Waals surface area contributed by atoms with Crippen molar-refractivity contribution in [3.63, 3.8) is 0 Å². The molecule has 0 amide bonds. The lowest BCUT2D eigenvalue weighted by molar-refractivity contribution is 1.19. The van der Waals surface area contributed by atoms with E-state index < -0.39 is 0 Å². The van der Waals surface area contributed by atoms with Gasteiger partial charge in [0.05, 0.1) is 11.0 Å². The van der Waals surface area contributed by atoms with E-state index in [-0.39, 0.29) is 0 Å². The zero-order valence-corrected chi connectivity index (χ0v) is 30.2. The average molecular weight is 702 g/mol. The van der Waals surface area contributed by atoms with Crippen molar-refractivity contribution in [2.75, 3.05) is 0 Å². The van der Waals surface area contributed by atoms with Gasteiger partial charge in [0, 0.05) is 31.4 Å². The summed E-state index contributed by atoms with van der Waals surface area (Å²) < 4.78 is 3.76. The molecule has 0 radical (unpaired) electrons. The molecule has 0 aliphatic heterocycles. The zero-order chi connectivity index (χ0) is 35.7. The molecule has 0 saturated carbocycles. The van der Waals surface area contributed by atoms with Crippen LogP contribution in [0.5, 0.6) is 0 Å². The molecule has 0 fully saturated rings. The van der Waals surface area contributed by atoms with E-state index in [9.17, 15) is 0 Å². The van der Waals surface area contributed by atoms with Crippen molar-refractivity contribution in [1.29, 1.82) is 0 Å². The molecule has 12 rings (SSSR count). The Morgan fingerprint density at radius 3 is 1.74 bits per heavy atom. The number of fused-ring (bicyclic) bond motifs is 14. The van der Waals surface area contributed by atoms with Crippen LogP contribution in [0.3, 0.4) is 0 Å². The summed E-state index contributed by atoms with van der Waals surface area (Å²) in [6.07, 6.45) is 3.91. The van der Waals surface area contributed by atoms with Crippen molar-refractivity contribution in [1.82, 2.24) is 4.57 Å². The Kier molecular flexibility index (Phi) is 6.01. The highest BCUT2D eigenvalue weighted by atomic mass is 32.1. The lowest BCUT2D eigenvalue weighted by atomic mass is 9.94. The van der Waals surface area contributed by atoms with Crippen LogP contribution in [0.25, 0.3) is 126 Å². The second-order valence-corrected chi connectivity index (χ2v) is 15.6. The highest BCUT2D eigenvalue weighted by Crippen LogP contribution is 2.51. The molecule has 2 heterocycles. The molecule has 0 atom stereocenters. The van der Waals surface area contributed by atoms with Crippen molar-refractivity contribution in [3.8, 4) is 39.1 Å². The third-order valence-corrected chi connectivity index (χ3v) is 13.0. The fourth-order valence-corrected chi connectivity index (χ4v) is 10.6. The number of benzene rings is 9. The fourth-order valence-electron chi connectivity index (χ4n) is 9.55. The van der Waals surface area contributed by atoms with Crippen molar-refractivity contribution in [3.05, 3.63) is 175 Å². The van der Waals surface area contributed by atoms with Crippen molar-refractivity contribution in [2.24, 2.45) is 0 Å². The number of rotatable bonds is 4. The minimum Gasteiger partial charge on any atom is -0.309 e. The van der Waals surface area contributed by atoms with Gasteiger partial charge in [-0.15, -0.1) is 11.3 Å². The van der Waals surface area contributed by atoms with Crippen molar-refractivity contribution >= 4 is 98.5 Å². The van der Waals surface area contributed by atoms with Crippen LogP contribution in [-0.4, -0.2) is 4.57 Å². The molecule has 0 spiro atoms. The van der Waals surface area contributed by atoms with Gasteiger partial charge in [0.15, 0.2) is 0 Å². The number of hydrogen-bond acceptors (Lipinski definition) is 1. The molecule has 0 unspecified atom stereocenters. The first-order valence-electron chi connectivity index (χ1n) is 18.5. The summed E-state index contributed by atoms with van der Waals surface area (Å²) in [5.74, 6) is 0. The number of aromatic nitrogens is 1. The summed E-state index contributed by atoms with van der Waals surface area (Å²) >= 11 is 1.77. The van der Waals surface area contributed by atoms with E-state index in [1.807, 2.05) is 12.2 Å². The van der Waals surface area contributed by atoms with Crippen LogP contribution in [-0.2, 0) is 0 Å². The third-order valence-electron chi connectivity index (χ3n) is 11.9. The van der Waals surface area contributed by atoms with Crippen LogP contribution in [0.15, 0.2) is 165 Å². The summed E-state index contributed by atoms with van der Waals surface area (Å²) in [6, 6.07) is 56.8. The Morgan fingerprint density at radius 1 is 0.407 bits per heavy atom. The average Bonchev–Trinajstić information content (AvgIpc) is 3.88. The predicted molar refractivity (Wildman–Crippen MR) is 236 cm³/mol. The smallest absolute Gasteiger partial charge is 0.0553 e. The van der Waals surface area contributed by atoms with Crippen LogP contribution in [0.4, 0.5) is 0 Å². The second-order valence-electron chi connectivity index (χ2n) is 14.5. The van der Waals surface area contributed by atoms with Crippen LogP contribution >= 0.6 is 11.3 Å². The van der Waals surface area contributed by atoms with Crippen molar-refractivity contribution < 1.29 is 0 Å². The molecule has 0 N–H and O–H groups in total. The van der Waals surface area contributed by atoms with E-state index in [0.29, 0.717) is 0 Å². The van der Waals surface area contributed by atoms with Gasteiger partial charge in [-0.25, -0.2) is 0 Å². The highest BCUT2D eigenvalue weighted by molar-refractivity contribution is 7.20. The minimum atomic E-state index is 1.16. The molecular weight excluding hydrogens is 671 g/mol. The second kappa shape index (κ2) is 10.9. The molecule has 1 nitrogen and oxygen atoms in total. The quantitative estimate of drug-likeness (QED) is 0.161. The summed E-state index contributed by atoms with van der Waals surface area (Å²) in [6.45, 7) is 8.21. The van der Waals surface area contributed by atoms with E-state index >= 15 is 0 Å². The topological polar surface area (TPSA) is 4.93 Å². The lowest BCUT2D eigenvalue weighted by Crippen LogP contribution is -1.95. The molecular formula is C52H31NS. The minimum absolute atomic E-state index is 1.16. The molecule has 0 saturated heterocycles. The van der Waals surface area contributed by atoms with Gasteiger partial charge in [-0.05, 0) is 124 Å². The van der Waals surface area contributed by atoms with Crippen LogP contribution < -0.4 is 0 Å². The monoisotopic (exact) mass is 701 g/mol. The van der Waals surface area contributed by atoms with E-state index in [0.717, 1.165) is 16.1 Å². The third kappa shape index (κ3) is 3.88. The van der Waals surface area contributed by atoms with Gasteiger partial charge in [0.2, 0.25) is 0 Å². The molecule has 54 heavy (non-hydrogen) atoms. The molecule has 1 aliphatic rings. The zero-order valence-electron chi connectivity index (χ0n) is 29.4. The maximum atomic E-state index is 4.14. The van der Waals surface area contributed by atoms with Crippen LogP contribution in [0, 0.1) is 0 Å². The number of hydrogen-bond donors (Lipinski definition) is 0. The molecule has 9 aromatic carbocycles. The predicted octanol–water partition coefficient (Wildman–Crippen LogP) is 15.2. The Morgan fingerprint density at radius 2 is 1.02 bits per heavy atom. The van der Waals surface area contributed by atoms with Gasteiger partial charge >= 0.3 is 0 Å². The number of nitrogens with zero attached hydrogens (tertiary/aromatic N) is 1. The molecule has 1 aliphatic carbocycles. The number of thiophene rings is 1. The normalized spacial score (nSPS) is 12.2. The van der Waals surface area contributed by atoms with Crippen LogP contribution in [0.1, 0.15) is 10.4 Å². The summed E-state index contributed by atoms with van der Waals surface area (Å²) in [4.78, 5) is 1.16. The first-order chi connectivity index (χ1) is 26.7. The highest BCUT2D eigenvalue weighted by Gasteiger charge is 2.26. The van der Waals surface area contributed by atoms with Gasteiger partial charge in [0.1, 0.15) is 0 Å². The molecule has 2 aromatic heterocycles. The van der Waals surface area contributed by atoms with Gasteiger partial charge < -0.3 is 4.57 Å². The largest absolute Gasteiger partial charge is 0.309 e.